The molecule has 0 atom stereocenters. The molecular formula is C21H26N2O5S. The first-order valence-electron chi connectivity index (χ1n) is 9.77. The predicted molar refractivity (Wildman–Crippen MR) is 111 cm³/mol. The molecule has 0 saturated heterocycles. The van der Waals surface area contributed by atoms with Crippen molar-refractivity contribution in [1.29, 1.82) is 0 Å². The maximum absolute atomic E-state index is 12.9. The second-order valence-electron chi connectivity index (χ2n) is 7.30. The number of para-hydroxylation sites is 1. The Kier molecular flexibility index (Phi) is 7.60. The fourth-order valence-corrected chi connectivity index (χ4v) is 4.22. The molecule has 1 aromatic carbocycles. The topological polar surface area (TPSA) is 89.0 Å². The van der Waals surface area contributed by atoms with Crippen LogP contribution < -0.4 is 4.90 Å². The van der Waals surface area contributed by atoms with Gasteiger partial charge in [-0.3, -0.25) is 0 Å². The van der Waals surface area contributed by atoms with Crippen LogP contribution in [0.4, 0.5) is 15.6 Å². The third kappa shape index (κ3) is 6.27. The molecule has 0 aliphatic heterocycles. The largest absolute Gasteiger partial charge is 0.480 e. The third-order valence-corrected chi connectivity index (χ3v) is 5.88. The lowest BCUT2D eigenvalue weighted by molar-refractivity contribution is -0.142. The molecule has 2 aromatic rings. The minimum absolute atomic E-state index is 0.247. The predicted octanol–water partition coefficient (Wildman–Crippen LogP) is 4.63. The zero-order chi connectivity index (χ0) is 20.6. The van der Waals surface area contributed by atoms with Gasteiger partial charge in [-0.05, 0) is 56.6 Å². The van der Waals surface area contributed by atoms with Gasteiger partial charge in [-0.15, -0.1) is 11.3 Å². The van der Waals surface area contributed by atoms with Crippen molar-refractivity contribution in [2.75, 3.05) is 24.7 Å². The van der Waals surface area contributed by atoms with E-state index in [1.54, 1.807) is 6.20 Å². The van der Waals surface area contributed by atoms with Gasteiger partial charge in [-0.2, -0.15) is 0 Å². The number of amides is 1. The molecule has 1 saturated carbocycles. The number of carboxylic acids is 1. The Morgan fingerprint density at radius 2 is 1.79 bits per heavy atom. The Labute approximate surface area is 174 Å². The molecule has 3 rings (SSSR count). The van der Waals surface area contributed by atoms with Gasteiger partial charge >= 0.3 is 12.1 Å². The third-order valence-electron chi connectivity index (χ3n) is 4.99. The van der Waals surface area contributed by atoms with Crippen molar-refractivity contribution in [1.82, 2.24) is 4.98 Å². The lowest BCUT2D eigenvalue weighted by Gasteiger charge is -2.28. The maximum Gasteiger partial charge on any atom is 0.420 e. The van der Waals surface area contributed by atoms with Crippen LogP contribution >= 0.6 is 11.3 Å². The summed E-state index contributed by atoms with van der Waals surface area (Å²) < 4.78 is 10.9. The summed E-state index contributed by atoms with van der Waals surface area (Å²) in [6, 6.07) is 9.38. The fourth-order valence-electron chi connectivity index (χ4n) is 3.45. The number of hydrogen-bond acceptors (Lipinski definition) is 6. The first-order chi connectivity index (χ1) is 14.0. The van der Waals surface area contributed by atoms with Crippen LogP contribution in [0.15, 0.2) is 36.5 Å². The van der Waals surface area contributed by atoms with E-state index in [-0.39, 0.29) is 6.61 Å². The number of aromatic nitrogens is 1. The lowest BCUT2D eigenvalue weighted by Crippen LogP contribution is -2.30. The van der Waals surface area contributed by atoms with Crippen LogP contribution in [0.2, 0.25) is 0 Å². The summed E-state index contributed by atoms with van der Waals surface area (Å²) in [5, 5.41) is 9.23. The molecule has 1 N–H and O–H groups in total. The Morgan fingerprint density at radius 3 is 2.38 bits per heavy atom. The van der Waals surface area contributed by atoms with Crippen molar-refractivity contribution in [3.63, 3.8) is 0 Å². The van der Waals surface area contributed by atoms with Gasteiger partial charge in [0.15, 0.2) is 5.13 Å². The highest BCUT2D eigenvalue weighted by molar-refractivity contribution is 7.15. The van der Waals surface area contributed by atoms with E-state index in [0.29, 0.717) is 30.2 Å². The van der Waals surface area contributed by atoms with E-state index in [9.17, 15) is 9.59 Å². The number of benzene rings is 1. The second-order valence-corrected chi connectivity index (χ2v) is 8.51. The van der Waals surface area contributed by atoms with Gasteiger partial charge in [0, 0.05) is 11.1 Å². The van der Waals surface area contributed by atoms with Gasteiger partial charge in [0.05, 0.1) is 18.9 Å². The number of thiazole rings is 1. The minimum Gasteiger partial charge on any atom is -0.480 e. The summed E-state index contributed by atoms with van der Waals surface area (Å²) >= 11 is 1.45. The molecule has 0 bridgehead atoms. The highest BCUT2D eigenvalue weighted by atomic mass is 32.1. The molecule has 0 radical (unpaired) electrons. The average Bonchev–Trinajstić information content (AvgIpc) is 3.14. The number of carboxylic acid groups (broad SMARTS) is 1. The molecule has 7 nitrogen and oxygen atoms in total. The van der Waals surface area contributed by atoms with E-state index < -0.39 is 12.1 Å². The van der Waals surface area contributed by atoms with E-state index in [4.69, 9.17) is 14.6 Å². The first kappa shape index (κ1) is 21.3. The molecule has 156 valence electrons. The van der Waals surface area contributed by atoms with Crippen LogP contribution in [-0.2, 0) is 14.3 Å². The lowest BCUT2D eigenvalue weighted by atomic mass is 9.83. The van der Waals surface area contributed by atoms with Crippen LogP contribution in [0.25, 0.3) is 0 Å². The molecule has 0 unspecified atom stereocenters. The zero-order valence-electron chi connectivity index (χ0n) is 16.5. The Morgan fingerprint density at radius 1 is 1.14 bits per heavy atom. The summed E-state index contributed by atoms with van der Waals surface area (Å²) in [5.41, 5.74) is 0.728. The molecule has 0 spiro atoms. The molecule has 1 heterocycles. The van der Waals surface area contributed by atoms with E-state index in [0.717, 1.165) is 36.2 Å². The van der Waals surface area contributed by atoms with Crippen LogP contribution in [0, 0.1) is 18.8 Å². The van der Waals surface area contributed by atoms with Crippen molar-refractivity contribution in [3.8, 4) is 0 Å². The molecule has 1 aromatic heterocycles. The molecule has 1 amide bonds. The quantitative estimate of drug-likeness (QED) is 0.672. The van der Waals surface area contributed by atoms with Crippen LogP contribution in [0.5, 0.6) is 0 Å². The number of aryl methyl sites for hydroxylation is 1. The normalized spacial score (nSPS) is 18.9. The van der Waals surface area contributed by atoms with E-state index in [2.05, 4.69) is 4.98 Å². The van der Waals surface area contributed by atoms with Gasteiger partial charge in [-0.25, -0.2) is 19.5 Å². The number of nitrogens with zero attached hydrogens (tertiary/aromatic N) is 2. The first-order valence-corrected chi connectivity index (χ1v) is 10.6. The molecule has 1 fully saturated rings. The average molecular weight is 419 g/mol. The summed E-state index contributed by atoms with van der Waals surface area (Å²) in [6.45, 7) is 2.55. The monoisotopic (exact) mass is 418 g/mol. The van der Waals surface area contributed by atoms with Crippen LogP contribution in [0.1, 0.15) is 30.6 Å². The Hall–Kier alpha value is -2.45. The van der Waals surface area contributed by atoms with Gasteiger partial charge < -0.3 is 14.6 Å². The van der Waals surface area contributed by atoms with E-state index in [1.165, 1.54) is 16.2 Å². The van der Waals surface area contributed by atoms with Crippen molar-refractivity contribution in [2.24, 2.45) is 11.8 Å². The number of anilines is 2. The molecule has 1 aliphatic carbocycles. The number of ether oxygens (including phenoxy) is 2. The number of carbonyl (C=O) groups excluding carboxylic acids is 1. The number of carbonyl (C=O) groups is 2. The summed E-state index contributed by atoms with van der Waals surface area (Å²) in [4.78, 5) is 30.3. The van der Waals surface area contributed by atoms with E-state index >= 15 is 0 Å². The van der Waals surface area contributed by atoms with Crippen molar-refractivity contribution >= 4 is 34.2 Å². The summed E-state index contributed by atoms with van der Waals surface area (Å²) in [7, 11) is 0. The van der Waals surface area contributed by atoms with Crippen molar-refractivity contribution in [2.45, 2.75) is 32.6 Å². The number of aliphatic carboxylic acids is 1. The smallest absolute Gasteiger partial charge is 0.420 e. The highest BCUT2D eigenvalue weighted by Gasteiger charge is 2.26. The van der Waals surface area contributed by atoms with E-state index in [1.807, 2.05) is 37.3 Å². The number of hydrogen-bond donors (Lipinski definition) is 1. The summed E-state index contributed by atoms with van der Waals surface area (Å²) in [6.07, 6.45) is 5.12. The standard InChI is InChI=1S/C21H26N2O5S/c1-15-11-22-20(29-15)23(18-5-3-2-4-6-18)21(26)28-13-17-9-7-16(8-10-17)12-27-14-19(24)25/h2-6,11,16-17H,7-10,12-14H2,1H3,(H,24,25). The maximum atomic E-state index is 12.9. The Bertz CT molecular complexity index is 802. The zero-order valence-corrected chi connectivity index (χ0v) is 17.3. The molecule has 8 heteroatoms. The molecule has 29 heavy (non-hydrogen) atoms. The SMILES string of the molecule is Cc1cnc(N(C(=O)OCC2CCC(COCC(=O)O)CC2)c2ccccc2)s1. The van der Waals surface area contributed by atoms with Gasteiger partial charge in [-0.1, -0.05) is 18.2 Å². The van der Waals surface area contributed by atoms with Crippen molar-refractivity contribution < 1.29 is 24.2 Å². The van der Waals surface area contributed by atoms with Gasteiger partial charge in [0.1, 0.15) is 6.61 Å². The van der Waals surface area contributed by atoms with Crippen LogP contribution in [-0.4, -0.2) is 42.0 Å². The summed E-state index contributed by atoms with van der Waals surface area (Å²) in [5.74, 6) is -0.255. The second kappa shape index (κ2) is 10.4. The van der Waals surface area contributed by atoms with Gasteiger partial charge in [0.25, 0.3) is 0 Å². The fraction of sp³-hybridized carbons (Fsp3) is 0.476. The minimum atomic E-state index is -0.941. The van der Waals surface area contributed by atoms with Crippen LogP contribution in [0.3, 0.4) is 0 Å². The Balaban J connectivity index is 1.51. The number of rotatable bonds is 8. The molecule has 1 aliphatic rings. The van der Waals surface area contributed by atoms with Crippen molar-refractivity contribution in [3.05, 3.63) is 41.4 Å². The highest BCUT2D eigenvalue weighted by Crippen LogP contribution is 2.32. The molecular weight excluding hydrogens is 392 g/mol. The van der Waals surface area contributed by atoms with Gasteiger partial charge in [0.2, 0.25) is 0 Å².